The van der Waals surface area contributed by atoms with Crippen molar-refractivity contribution < 1.29 is 9.13 Å². The molecule has 1 saturated carbocycles. The monoisotopic (exact) mass is 268 g/mol. The Balaban J connectivity index is 1.71. The molecule has 1 aliphatic rings. The number of benzene rings is 1. The second-order valence-electron chi connectivity index (χ2n) is 4.13. The van der Waals surface area contributed by atoms with Crippen LogP contribution in [0.4, 0.5) is 4.39 Å². The average molecular weight is 269 g/mol. The summed E-state index contributed by atoms with van der Waals surface area (Å²) in [6.07, 6.45) is 2.19. The zero-order valence-electron chi connectivity index (χ0n) is 9.38. The Bertz CT molecular complexity index is 570. The highest BCUT2D eigenvalue weighted by atomic mass is 35.5. The number of hydrogen-bond acceptors (Lipinski definition) is 4. The molecule has 0 bridgehead atoms. The summed E-state index contributed by atoms with van der Waals surface area (Å²) in [5, 5.41) is 11.7. The zero-order valence-corrected chi connectivity index (χ0v) is 10.1. The number of halogens is 2. The molecule has 0 saturated heterocycles. The highest BCUT2D eigenvalue weighted by Gasteiger charge is 2.27. The fourth-order valence-corrected chi connectivity index (χ4v) is 1.87. The lowest BCUT2D eigenvalue weighted by atomic mass is 10.3. The predicted octanol–water partition coefficient (Wildman–Crippen LogP) is 2.38. The molecular weight excluding hydrogens is 259 g/mol. The molecule has 7 heteroatoms. The van der Waals surface area contributed by atoms with E-state index in [9.17, 15) is 4.39 Å². The Kier molecular flexibility index (Phi) is 2.87. The van der Waals surface area contributed by atoms with Gasteiger partial charge < -0.3 is 4.74 Å². The molecule has 0 aliphatic heterocycles. The van der Waals surface area contributed by atoms with Crippen molar-refractivity contribution in [2.75, 3.05) is 0 Å². The van der Waals surface area contributed by atoms with E-state index in [1.165, 1.54) is 18.2 Å². The maximum absolute atomic E-state index is 12.9. The minimum Gasteiger partial charge on any atom is -0.484 e. The van der Waals surface area contributed by atoms with E-state index in [2.05, 4.69) is 15.5 Å². The molecule has 0 radical (unpaired) electrons. The minimum atomic E-state index is -0.393. The Morgan fingerprint density at radius 1 is 1.44 bits per heavy atom. The van der Waals surface area contributed by atoms with E-state index in [0.29, 0.717) is 17.6 Å². The van der Waals surface area contributed by atoms with Crippen molar-refractivity contribution in [3.05, 3.63) is 34.9 Å². The number of ether oxygens (including phenoxy) is 1. The number of aromatic nitrogens is 4. The van der Waals surface area contributed by atoms with Crippen LogP contribution in [-0.2, 0) is 6.61 Å². The van der Waals surface area contributed by atoms with Crippen LogP contribution in [0, 0.1) is 5.82 Å². The van der Waals surface area contributed by atoms with Crippen molar-refractivity contribution in [3.63, 3.8) is 0 Å². The Hall–Kier alpha value is -1.69. The molecule has 1 aliphatic carbocycles. The molecule has 1 heterocycles. The number of nitrogens with zero attached hydrogens (tertiary/aromatic N) is 4. The van der Waals surface area contributed by atoms with Crippen LogP contribution >= 0.6 is 11.6 Å². The van der Waals surface area contributed by atoms with E-state index < -0.39 is 5.82 Å². The summed E-state index contributed by atoms with van der Waals surface area (Å²) in [5.41, 5.74) is 0. The topological polar surface area (TPSA) is 52.8 Å². The molecule has 1 fully saturated rings. The molecular formula is C11H10ClFN4O. The van der Waals surface area contributed by atoms with E-state index in [4.69, 9.17) is 16.3 Å². The third-order valence-corrected chi connectivity index (χ3v) is 3.00. The van der Waals surface area contributed by atoms with Gasteiger partial charge in [0.15, 0.2) is 5.82 Å². The first kappa shape index (κ1) is 11.4. The molecule has 2 aromatic rings. The lowest BCUT2D eigenvalue weighted by Crippen LogP contribution is -2.07. The molecule has 18 heavy (non-hydrogen) atoms. The summed E-state index contributed by atoms with van der Waals surface area (Å²) >= 11 is 5.86. The molecule has 1 aromatic heterocycles. The van der Waals surface area contributed by atoms with Crippen LogP contribution < -0.4 is 4.74 Å². The van der Waals surface area contributed by atoms with E-state index >= 15 is 0 Å². The Morgan fingerprint density at radius 3 is 3.00 bits per heavy atom. The normalized spacial score (nSPS) is 14.8. The first-order valence-corrected chi connectivity index (χ1v) is 5.96. The summed E-state index contributed by atoms with van der Waals surface area (Å²) < 4.78 is 20.1. The molecule has 3 rings (SSSR count). The largest absolute Gasteiger partial charge is 0.484 e. The van der Waals surface area contributed by atoms with Crippen LogP contribution in [0.25, 0.3) is 0 Å². The highest BCUT2D eigenvalue weighted by Crippen LogP contribution is 2.34. The van der Waals surface area contributed by atoms with Crippen LogP contribution in [0.3, 0.4) is 0 Å². The van der Waals surface area contributed by atoms with E-state index in [0.717, 1.165) is 12.8 Å². The lowest BCUT2D eigenvalue weighted by Gasteiger charge is -2.07. The fraction of sp³-hybridized carbons (Fsp3) is 0.364. The lowest BCUT2D eigenvalue weighted by molar-refractivity contribution is 0.286. The summed E-state index contributed by atoms with van der Waals surface area (Å²) in [5.74, 6) is 0.677. The first-order valence-electron chi connectivity index (χ1n) is 5.58. The van der Waals surface area contributed by atoms with Crippen molar-refractivity contribution in [1.29, 1.82) is 0 Å². The van der Waals surface area contributed by atoms with Gasteiger partial charge in [0, 0.05) is 0 Å². The van der Waals surface area contributed by atoms with Crippen LogP contribution in [-0.4, -0.2) is 20.2 Å². The third kappa shape index (κ3) is 2.28. The summed E-state index contributed by atoms with van der Waals surface area (Å²) in [6.45, 7) is 0.217. The number of hydrogen-bond donors (Lipinski definition) is 0. The van der Waals surface area contributed by atoms with Gasteiger partial charge in [0.2, 0.25) is 0 Å². The SMILES string of the molecule is Fc1ccc(OCc2nnnn2C2CC2)c(Cl)c1. The van der Waals surface area contributed by atoms with Crippen molar-refractivity contribution in [2.45, 2.75) is 25.5 Å². The molecule has 5 nitrogen and oxygen atoms in total. The molecule has 0 N–H and O–H groups in total. The van der Waals surface area contributed by atoms with Gasteiger partial charge in [0.1, 0.15) is 18.2 Å². The Labute approximate surface area is 108 Å². The molecule has 0 unspecified atom stereocenters. The minimum absolute atomic E-state index is 0.217. The molecule has 0 spiro atoms. The predicted molar refractivity (Wildman–Crippen MR) is 61.8 cm³/mol. The summed E-state index contributed by atoms with van der Waals surface area (Å²) in [6, 6.07) is 4.39. The maximum Gasteiger partial charge on any atom is 0.189 e. The van der Waals surface area contributed by atoms with E-state index in [1.54, 1.807) is 4.68 Å². The van der Waals surface area contributed by atoms with Crippen molar-refractivity contribution in [2.24, 2.45) is 0 Å². The van der Waals surface area contributed by atoms with E-state index in [-0.39, 0.29) is 11.6 Å². The molecule has 0 atom stereocenters. The summed E-state index contributed by atoms with van der Waals surface area (Å²) in [7, 11) is 0. The van der Waals surface area contributed by atoms with Gasteiger partial charge in [-0.2, -0.15) is 0 Å². The average Bonchev–Trinajstić information content (AvgIpc) is 3.08. The van der Waals surface area contributed by atoms with Gasteiger partial charge in [0.05, 0.1) is 11.1 Å². The van der Waals surface area contributed by atoms with Crippen molar-refractivity contribution in [3.8, 4) is 5.75 Å². The van der Waals surface area contributed by atoms with Gasteiger partial charge in [0.25, 0.3) is 0 Å². The fourth-order valence-electron chi connectivity index (χ4n) is 1.64. The van der Waals surface area contributed by atoms with Crippen molar-refractivity contribution >= 4 is 11.6 Å². The highest BCUT2D eigenvalue weighted by molar-refractivity contribution is 6.32. The van der Waals surface area contributed by atoms with Crippen LogP contribution in [0.1, 0.15) is 24.7 Å². The van der Waals surface area contributed by atoms with Crippen LogP contribution in [0.15, 0.2) is 18.2 Å². The Morgan fingerprint density at radius 2 is 2.28 bits per heavy atom. The molecule has 0 amide bonds. The zero-order chi connectivity index (χ0) is 12.5. The second kappa shape index (κ2) is 4.53. The van der Waals surface area contributed by atoms with Gasteiger partial charge in [-0.1, -0.05) is 11.6 Å². The van der Waals surface area contributed by atoms with Gasteiger partial charge in [-0.15, -0.1) is 5.10 Å². The van der Waals surface area contributed by atoms with Gasteiger partial charge in [-0.05, 0) is 41.5 Å². The smallest absolute Gasteiger partial charge is 0.189 e. The maximum atomic E-state index is 12.9. The third-order valence-electron chi connectivity index (χ3n) is 2.70. The van der Waals surface area contributed by atoms with Crippen LogP contribution in [0.2, 0.25) is 5.02 Å². The van der Waals surface area contributed by atoms with Gasteiger partial charge in [-0.3, -0.25) is 0 Å². The second-order valence-corrected chi connectivity index (χ2v) is 4.54. The summed E-state index contributed by atoms with van der Waals surface area (Å²) in [4.78, 5) is 0. The standard InChI is InChI=1S/C11H10ClFN4O/c12-9-5-7(13)1-4-10(9)18-6-11-14-15-16-17(11)8-2-3-8/h1,4-5,8H,2-3,6H2. The van der Waals surface area contributed by atoms with Gasteiger partial charge >= 0.3 is 0 Å². The molecule has 94 valence electrons. The quantitative estimate of drug-likeness (QED) is 0.854. The molecule has 1 aromatic carbocycles. The van der Waals surface area contributed by atoms with E-state index in [1.807, 2.05) is 0 Å². The number of rotatable bonds is 4. The number of tetrazole rings is 1. The first-order chi connectivity index (χ1) is 8.74. The van der Waals surface area contributed by atoms with Crippen molar-refractivity contribution in [1.82, 2.24) is 20.2 Å². The van der Waals surface area contributed by atoms with Crippen LogP contribution in [0.5, 0.6) is 5.75 Å². The van der Waals surface area contributed by atoms with Gasteiger partial charge in [-0.25, -0.2) is 9.07 Å².